The first-order valence-corrected chi connectivity index (χ1v) is 10.4. The maximum Gasteiger partial charge on any atom is 0.236 e. The summed E-state index contributed by atoms with van der Waals surface area (Å²) in [5.74, 6) is 0.0357. The lowest BCUT2D eigenvalue weighted by Crippen LogP contribution is -2.47. The predicted molar refractivity (Wildman–Crippen MR) is 89.5 cm³/mol. The van der Waals surface area contributed by atoms with Gasteiger partial charge in [0.2, 0.25) is 15.9 Å². The van der Waals surface area contributed by atoms with Gasteiger partial charge in [-0.25, -0.2) is 13.1 Å². The molecule has 1 heterocycles. The van der Waals surface area contributed by atoms with Crippen LogP contribution in [0.4, 0.5) is 0 Å². The van der Waals surface area contributed by atoms with E-state index in [9.17, 15) is 13.2 Å². The molecule has 1 saturated carbocycles. The van der Waals surface area contributed by atoms with E-state index in [0.29, 0.717) is 18.4 Å². The van der Waals surface area contributed by atoms with Gasteiger partial charge in [0.1, 0.15) is 5.75 Å². The first-order valence-electron chi connectivity index (χ1n) is 8.75. The molecule has 0 spiro atoms. The molecule has 0 radical (unpaired) electrons. The topological polar surface area (TPSA) is 84.5 Å². The van der Waals surface area contributed by atoms with E-state index in [0.717, 1.165) is 32.1 Å². The van der Waals surface area contributed by atoms with Crippen molar-refractivity contribution >= 4 is 15.9 Å². The Morgan fingerprint density at radius 2 is 1.91 bits per heavy atom. The third kappa shape index (κ3) is 6.04. The van der Waals surface area contributed by atoms with Crippen LogP contribution in [0.15, 0.2) is 0 Å². The van der Waals surface area contributed by atoms with E-state index in [2.05, 4.69) is 23.9 Å². The molecule has 6 nitrogen and oxygen atoms in total. The lowest BCUT2D eigenvalue weighted by molar-refractivity contribution is -0.120. The first-order chi connectivity index (χ1) is 10.9. The smallest absolute Gasteiger partial charge is 0.236 e. The summed E-state index contributed by atoms with van der Waals surface area (Å²) in [5, 5.41) is 2.95. The quantitative estimate of drug-likeness (QED) is 0.730. The second-order valence-corrected chi connectivity index (χ2v) is 8.92. The number of carbonyl (C=O) groups is 1. The lowest BCUT2D eigenvalue weighted by atomic mass is 9.78. The molecule has 2 N–H and O–H groups in total. The fourth-order valence-electron chi connectivity index (χ4n) is 3.63. The molecule has 2 rings (SSSR count). The molecular formula is C16H30N2O4S. The number of amides is 1. The number of carbonyl (C=O) groups excluding carboxylic acids is 1. The second kappa shape index (κ2) is 8.44. The van der Waals surface area contributed by atoms with Crippen LogP contribution in [0, 0.1) is 11.8 Å². The monoisotopic (exact) mass is 346 g/mol. The zero-order valence-electron chi connectivity index (χ0n) is 14.2. The third-order valence-corrected chi connectivity index (χ3v) is 6.15. The van der Waals surface area contributed by atoms with E-state index in [4.69, 9.17) is 4.74 Å². The Morgan fingerprint density at radius 3 is 2.57 bits per heavy atom. The molecule has 2 fully saturated rings. The van der Waals surface area contributed by atoms with Gasteiger partial charge in [-0.2, -0.15) is 0 Å². The molecule has 1 saturated heterocycles. The number of hydrogen-bond donors (Lipinski definition) is 2. The molecule has 7 heteroatoms. The van der Waals surface area contributed by atoms with Gasteiger partial charge < -0.3 is 10.1 Å². The highest BCUT2D eigenvalue weighted by Gasteiger charge is 2.30. The molecule has 0 unspecified atom stereocenters. The number of ether oxygens (including phenoxy) is 1. The maximum absolute atomic E-state index is 12.1. The second-order valence-electron chi connectivity index (χ2n) is 7.11. The van der Waals surface area contributed by atoms with Crippen LogP contribution in [0.2, 0.25) is 0 Å². The number of rotatable bonds is 7. The van der Waals surface area contributed by atoms with Crippen LogP contribution in [-0.4, -0.2) is 45.4 Å². The Hall–Kier alpha value is -0.660. The van der Waals surface area contributed by atoms with Gasteiger partial charge in [-0.15, -0.1) is 0 Å². The zero-order chi connectivity index (χ0) is 16.9. The summed E-state index contributed by atoms with van der Waals surface area (Å²) in [6.45, 7) is 5.27. The van der Waals surface area contributed by atoms with Gasteiger partial charge in [-0.1, -0.05) is 26.7 Å². The molecule has 0 aromatic heterocycles. The number of hydrogen-bond acceptors (Lipinski definition) is 4. The Balaban J connectivity index is 1.80. The van der Waals surface area contributed by atoms with E-state index >= 15 is 0 Å². The van der Waals surface area contributed by atoms with E-state index in [1.807, 2.05) is 0 Å². The van der Waals surface area contributed by atoms with E-state index < -0.39 is 21.7 Å². The average molecular weight is 346 g/mol. The van der Waals surface area contributed by atoms with Gasteiger partial charge in [0, 0.05) is 19.2 Å². The van der Waals surface area contributed by atoms with Crippen molar-refractivity contribution in [3.63, 3.8) is 0 Å². The molecule has 1 aliphatic carbocycles. The summed E-state index contributed by atoms with van der Waals surface area (Å²) in [6, 6.07) is 0.101. The van der Waals surface area contributed by atoms with Crippen LogP contribution >= 0.6 is 0 Å². The fraction of sp³-hybridized carbons (Fsp3) is 0.938. The lowest BCUT2D eigenvalue weighted by Gasteiger charge is -2.34. The van der Waals surface area contributed by atoms with Crippen LogP contribution in [0.5, 0.6) is 0 Å². The highest BCUT2D eigenvalue weighted by atomic mass is 32.2. The number of sulfonamides is 1. The van der Waals surface area contributed by atoms with Crippen molar-refractivity contribution in [2.24, 2.45) is 11.8 Å². The van der Waals surface area contributed by atoms with Crippen molar-refractivity contribution < 1.29 is 17.9 Å². The van der Waals surface area contributed by atoms with Gasteiger partial charge >= 0.3 is 0 Å². The Kier molecular flexibility index (Phi) is 6.85. The van der Waals surface area contributed by atoms with Crippen molar-refractivity contribution in [1.29, 1.82) is 0 Å². The summed E-state index contributed by atoms with van der Waals surface area (Å²) in [5.41, 5.74) is 0. The van der Waals surface area contributed by atoms with Crippen LogP contribution in [0.1, 0.15) is 52.4 Å². The predicted octanol–water partition coefficient (Wildman–Crippen LogP) is 1.42. The highest BCUT2D eigenvalue weighted by molar-refractivity contribution is 7.90. The van der Waals surface area contributed by atoms with Crippen molar-refractivity contribution in [2.45, 2.75) is 64.5 Å². The molecule has 0 aromatic rings. The number of nitrogens with one attached hydrogen (secondary N) is 2. The molecule has 1 amide bonds. The average Bonchev–Trinajstić information content (AvgIpc) is 2.98. The van der Waals surface area contributed by atoms with Crippen LogP contribution in [0.3, 0.4) is 0 Å². The molecule has 134 valence electrons. The molecule has 0 bridgehead atoms. The van der Waals surface area contributed by atoms with Gasteiger partial charge in [-0.05, 0) is 37.5 Å². The standard InChI is InChI=1S/C16H30N2O4S/c1-12(2)14-7-3-4-8-15(14)18-16(19)11-23(20,21)17-10-13-6-5-9-22-13/h12-15,17H,3-11H2,1-2H3,(H,18,19)/t13-,14+,15-/m1/s1. The molecule has 3 atom stereocenters. The molecular weight excluding hydrogens is 316 g/mol. The van der Waals surface area contributed by atoms with Gasteiger partial charge in [-0.3, -0.25) is 4.79 Å². The summed E-state index contributed by atoms with van der Waals surface area (Å²) < 4.78 is 31.9. The Bertz CT molecular complexity index is 486. The minimum Gasteiger partial charge on any atom is -0.377 e. The molecule has 23 heavy (non-hydrogen) atoms. The minimum absolute atomic E-state index is 0.0588. The summed E-state index contributed by atoms with van der Waals surface area (Å²) in [6.07, 6.45) is 6.11. The summed E-state index contributed by atoms with van der Waals surface area (Å²) >= 11 is 0. The SMILES string of the molecule is CC(C)[C@@H]1CCCC[C@H]1NC(=O)CS(=O)(=O)NC[C@H]1CCCO1. The Morgan fingerprint density at radius 1 is 1.17 bits per heavy atom. The van der Waals surface area contributed by atoms with Gasteiger partial charge in [0.15, 0.2) is 0 Å². The molecule has 0 aromatic carbocycles. The van der Waals surface area contributed by atoms with Crippen LogP contribution in [0.25, 0.3) is 0 Å². The normalized spacial score (nSPS) is 28.9. The fourth-order valence-corrected chi connectivity index (χ4v) is 4.60. The van der Waals surface area contributed by atoms with E-state index in [-0.39, 0.29) is 18.7 Å². The largest absolute Gasteiger partial charge is 0.377 e. The summed E-state index contributed by atoms with van der Waals surface area (Å²) in [4.78, 5) is 12.1. The summed E-state index contributed by atoms with van der Waals surface area (Å²) in [7, 11) is -3.60. The molecule has 2 aliphatic rings. The van der Waals surface area contributed by atoms with Gasteiger partial charge in [0.05, 0.1) is 6.10 Å². The maximum atomic E-state index is 12.1. The van der Waals surface area contributed by atoms with Crippen LogP contribution < -0.4 is 10.0 Å². The van der Waals surface area contributed by atoms with Crippen molar-refractivity contribution in [3.05, 3.63) is 0 Å². The van der Waals surface area contributed by atoms with Crippen molar-refractivity contribution in [2.75, 3.05) is 18.9 Å². The Labute approximate surface area is 139 Å². The highest BCUT2D eigenvalue weighted by Crippen LogP contribution is 2.30. The third-order valence-electron chi connectivity index (χ3n) is 4.90. The minimum atomic E-state index is -3.60. The van der Waals surface area contributed by atoms with Crippen LogP contribution in [-0.2, 0) is 19.6 Å². The van der Waals surface area contributed by atoms with E-state index in [1.165, 1.54) is 6.42 Å². The van der Waals surface area contributed by atoms with E-state index in [1.54, 1.807) is 0 Å². The van der Waals surface area contributed by atoms with Gasteiger partial charge in [0.25, 0.3) is 0 Å². The first kappa shape index (κ1) is 18.7. The van der Waals surface area contributed by atoms with Crippen molar-refractivity contribution in [1.82, 2.24) is 10.0 Å². The van der Waals surface area contributed by atoms with Crippen molar-refractivity contribution in [3.8, 4) is 0 Å². The molecule has 1 aliphatic heterocycles. The zero-order valence-corrected chi connectivity index (χ0v) is 15.0.